The predicted octanol–water partition coefficient (Wildman–Crippen LogP) is 1.67. The zero-order chi connectivity index (χ0) is 16.8. The second kappa shape index (κ2) is 5.35. The fraction of sp³-hybridized carbons (Fsp3) is 0.222. The number of H-pyrrole nitrogens is 1. The number of nitrogens with zero attached hydrogens (tertiary/aromatic N) is 1. The van der Waals surface area contributed by atoms with E-state index in [4.69, 9.17) is 0 Å². The summed E-state index contributed by atoms with van der Waals surface area (Å²) in [6.07, 6.45) is 5.82. The molecule has 1 aliphatic carbocycles. The number of aromatic amines is 1. The number of carbonyl (C=O) groups is 2. The summed E-state index contributed by atoms with van der Waals surface area (Å²) in [6.45, 7) is -0.474. The third-order valence-electron chi connectivity index (χ3n) is 4.68. The molecule has 1 unspecified atom stereocenters. The van der Waals surface area contributed by atoms with E-state index in [2.05, 4.69) is 4.98 Å². The van der Waals surface area contributed by atoms with Gasteiger partial charge in [0.15, 0.2) is 5.78 Å². The van der Waals surface area contributed by atoms with Crippen molar-refractivity contribution in [2.75, 3.05) is 6.73 Å². The molecule has 0 bridgehead atoms. The number of carboxylic acids is 1. The van der Waals surface area contributed by atoms with Crippen LogP contribution in [0.1, 0.15) is 17.5 Å². The highest BCUT2D eigenvalue weighted by Gasteiger charge is 2.34. The maximum Gasteiger partial charge on any atom is 0.330 e. The molecule has 0 spiro atoms. The van der Waals surface area contributed by atoms with Crippen LogP contribution in [0.4, 0.5) is 0 Å². The fourth-order valence-electron chi connectivity index (χ4n) is 3.52. The quantitative estimate of drug-likeness (QED) is 0.781. The number of allylic oxidation sites excluding steroid dienone is 2. The van der Waals surface area contributed by atoms with Crippen LogP contribution >= 0.6 is 0 Å². The van der Waals surface area contributed by atoms with E-state index in [-0.39, 0.29) is 5.78 Å². The van der Waals surface area contributed by atoms with E-state index in [1.807, 2.05) is 24.4 Å². The number of rotatable bonds is 2. The lowest BCUT2D eigenvalue weighted by atomic mass is 9.95. The van der Waals surface area contributed by atoms with E-state index >= 15 is 0 Å². The van der Waals surface area contributed by atoms with Crippen LogP contribution in [0.2, 0.25) is 0 Å². The molecule has 3 N–H and O–H groups in total. The Labute approximate surface area is 137 Å². The third-order valence-corrected chi connectivity index (χ3v) is 4.68. The molecule has 1 aliphatic heterocycles. The minimum atomic E-state index is -1.06. The second-order valence-corrected chi connectivity index (χ2v) is 6.01. The lowest BCUT2D eigenvalue weighted by Crippen LogP contribution is -2.41. The van der Waals surface area contributed by atoms with Crippen molar-refractivity contribution in [1.82, 2.24) is 9.88 Å². The number of Topliss-reactive ketones (excluding diaryl/α,β-unsaturated/α-hetero) is 1. The second-order valence-electron chi connectivity index (χ2n) is 6.01. The summed E-state index contributed by atoms with van der Waals surface area (Å²) in [5, 5.41) is 20.2. The van der Waals surface area contributed by atoms with Gasteiger partial charge >= 0.3 is 5.97 Å². The molecule has 6 heteroatoms. The molecule has 1 aromatic heterocycles. The lowest BCUT2D eigenvalue weighted by molar-refractivity contribution is -0.141. The number of fused-ring (bicyclic) bond motifs is 3. The summed E-state index contributed by atoms with van der Waals surface area (Å²) in [5.41, 5.74) is 3.74. The summed E-state index contributed by atoms with van der Waals surface area (Å²) in [6, 6.07) is 4.89. The van der Waals surface area contributed by atoms with Gasteiger partial charge < -0.3 is 20.1 Å². The van der Waals surface area contributed by atoms with Crippen molar-refractivity contribution in [2.24, 2.45) is 0 Å². The summed E-state index contributed by atoms with van der Waals surface area (Å²) in [7, 11) is 0. The van der Waals surface area contributed by atoms with E-state index in [9.17, 15) is 19.8 Å². The number of aliphatic carboxylic acids is 1. The van der Waals surface area contributed by atoms with Crippen LogP contribution < -0.4 is 0 Å². The number of aliphatic hydroxyl groups is 1. The Morgan fingerprint density at radius 1 is 1.33 bits per heavy atom. The van der Waals surface area contributed by atoms with E-state index < -0.39 is 18.7 Å². The SMILES string of the molecule is O=C1CCc2cc3[nH]ccc3cc2C2=C1C=CC(C(=O)O)N2CO. The van der Waals surface area contributed by atoms with Crippen molar-refractivity contribution < 1.29 is 19.8 Å². The van der Waals surface area contributed by atoms with Crippen LogP contribution in [0.3, 0.4) is 0 Å². The molecule has 24 heavy (non-hydrogen) atoms. The first-order valence-electron chi connectivity index (χ1n) is 7.76. The average molecular weight is 324 g/mol. The van der Waals surface area contributed by atoms with Gasteiger partial charge in [-0.25, -0.2) is 4.79 Å². The molecule has 0 saturated heterocycles. The normalized spacial score (nSPS) is 20.1. The van der Waals surface area contributed by atoms with Gasteiger partial charge in [0.05, 0.1) is 5.70 Å². The van der Waals surface area contributed by atoms with Crippen LogP contribution in [0.15, 0.2) is 42.1 Å². The van der Waals surface area contributed by atoms with Gasteiger partial charge in [-0.3, -0.25) is 4.79 Å². The van der Waals surface area contributed by atoms with Gasteiger partial charge in [0.1, 0.15) is 12.8 Å². The smallest absolute Gasteiger partial charge is 0.330 e. The Bertz CT molecular complexity index is 922. The van der Waals surface area contributed by atoms with E-state index in [1.54, 1.807) is 6.08 Å². The number of hydrogen-bond donors (Lipinski definition) is 3. The Balaban J connectivity index is 1.99. The fourth-order valence-corrected chi connectivity index (χ4v) is 3.52. The van der Waals surface area contributed by atoms with E-state index in [0.29, 0.717) is 24.1 Å². The number of carbonyl (C=O) groups excluding carboxylic acids is 1. The van der Waals surface area contributed by atoms with Gasteiger partial charge in [0.2, 0.25) is 0 Å². The number of hydrogen-bond acceptors (Lipinski definition) is 4. The van der Waals surface area contributed by atoms with Gasteiger partial charge in [0, 0.05) is 34.7 Å². The highest BCUT2D eigenvalue weighted by atomic mass is 16.4. The van der Waals surface area contributed by atoms with Crippen molar-refractivity contribution in [3.63, 3.8) is 0 Å². The molecule has 6 nitrogen and oxygen atoms in total. The number of nitrogens with one attached hydrogen (secondary N) is 1. The maximum absolute atomic E-state index is 12.5. The molecule has 1 aromatic carbocycles. The monoisotopic (exact) mass is 324 g/mol. The summed E-state index contributed by atoms with van der Waals surface area (Å²) < 4.78 is 0. The zero-order valence-corrected chi connectivity index (χ0v) is 12.8. The van der Waals surface area contributed by atoms with Gasteiger partial charge in [-0.2, -0.15) is 0 Å². The van der Waals surface area contributed by atoms with Crippen LogP contribution in [0.25, 0.3) is 16.6 Å². The molecule has 0 saturated carbocycles. The van der Waals surface area contributed by atoms with Crippen LogP contribution in [-0.4, -0.2) is 44.6 Å². The lowest BCUT2D eigenvalue weighted by Gasteiger charge is -2.33. The standard InChI is InChI=1S/C18H16N2O4/c21-9-20-15(18(23)24)3-2-12-16(22)4-1-10-8-14-11(5-6-19-14)7-13(10)17(12)20/h2-3,5-8,15,19,21H,1,4,9H2,(H,23,24). The van der Waals surface area contributed by atoms with Crippen LogP contribution in [0.5, 0.6) is 0 Å². The van der Waals surface area contributed by atoms with E-state index in [0.717, 1.165) is 22.0 Å². The topological polar surface area (TPSA) is 93.6 Å². The molecule has 122 valence electrons. The van der Waals surface area contributed by atoms with Crippen molar-refractivity contribution in [3.05, 3.63) is 53.2 Å². The molecule has 2 heterocycles. The molecule has 4 rings (SSSR count). The van der Waals surface area contributed by atoms with Crippen molar-refractivity contribution >= 4 is 28.4 Å². The molecule has 2 aromatic rings. The third kappa shape index (κ3) is 2.07. The van der Waals surface area contributed by atoms with Crippen molar-refractivity contribution in [2.45, 2.75) is 18.9 Å². The number of aryl methyl sites for hydroxylation is 1. The van der Waals surface area contributed by atoms with Crippen molar-refractivity contribution in [3.8, 4) is 0 Å². The largest absolute Gasteiger partial charge is 0.479 e. The van der Waals surface area contributed by atoms with Crippen LogP contribution in [-0.2, 0) is 16.0 Å². The molecular formula is C18H16N2O4. The summed E-state index contributed by atoms with van der Waals surface area (Å²) in [5.74, 6) is -1.10. The van der Waals surface area contributed by atoms with Crippen molar-refractivity contribution in [1.29, 1.82) is 0 Å². The number of carboxylic acid groups (broad SMARTS) is 1. The molecule has 0 amide bonds. The van der Waals surface area contributed by atoms with Gasteiger partial charge in [-0.15, -0.1) is 0 Å². The first kappa shape index (κ1) is 14.7. The Morgan fingerprint density at radius 3 is 2.92 bits per heavy atom. The Morgan fingerprint density at radius 2 is 2.17 bits per heavy atom. The van der Waals surface area contributed by atoms with Gasteiger partial charge in [-0.05, 0) is 30.2 Å². The molecule has 2 aliphatic rings. The highest BCUT2D eigenvalue weighted by molar-refractivity contribution is 6.08. The molecule has 1 atom stereocenters. The molecule has 0 fully saturated rings. The maximum atomic E-state index is 12.5. The summed E-state index contributed by atoms with van der Waals surface area (Å²) >= 11 is 0. The van der Waals surface area contributed by atoms with Gasteiger partial charge in [0.25, 0.3) is 0 Å². The minimum Gasteiger partial charge on any atom is -0.479 e. The summed E-state index contributed by atoms with van der Waals surface area (Å²) in [4.78, 5) is 28.6. The average Bonchev–Trinajstić information content (AvgIpc) is 2.99. The molecular weight excluding hydrogens is 308 g/mol. The number of ketones is 1. The van der Waals surface area contributed by atoms with Gasteiger partial charge in [-0.1, -0.05) is 12.2 Å². The predicted molar refractivity (Wildman–Crippen MR) is 88.0 cm³/mol. The zero-order valence-electron chi connectivity index (χ0n) is 12.8. The van der Waals surface area contributed by atoms with Crippen LogP contribution in [0, 0.1) is 0 Å². The molecule has 0 radical (unpaired) electrons. The first-order valence-corrected chi connectivity index (χ1v) is 7.76. The number of aromatic nitrogens is 1. The Hall–Kier alpha value is -2.86. The first-order chi connectivity index (χ1) is 11.6. The highest BCUT2D eigenvalue weighted by Crippen LogP contribution is 2.37. The number of aliphatic hydroxyl groups excluding tert-OH is 1. The number of benzene rings is 1. The minimum absolute atomic E-state index is 0.0385. The van der Waals surface area contributed by atoms with E-state index in [1.165, 1.54) is 11.0 Å². The Kier molecular flexibility index (Phi) is 3.28.